The van der Waals surface area contributed by atoms with Gasteiger partial charge in [-0.3, -0.25) is 4.98 Å². The number of benzene rings is 2. The van der Waals surface area contributed by atoms with Crippen LogP contribution in [0, 0.1) is 18.6 Å². The third kappa shape index (κ3) is 3.79. The van der Waals surface area contributed by atoms with E-state index in [2.05, 4.69) is 9.97 Å². The van der Waals surface area contributed by atoms with Gasteiger partial charge < -0.3 is 4.57 Å². The van der Waals surface area contributed by atoms with E-state index >= 15 is 0 Å². The Balaban J connectivity index is 1.96. The Kier molecular flexibility index (Phi) is 5.28. The van der Waals surface area contributed by atoms with Crippen LogP contribution in [-0.4, -0.2) is 23.0 Å². The molecule has 2 aromatic heterocycles. The van der Waals surface area contributed by atoms with Gasteiger partial charge in [-0.05, 0) is 24.6 Å². The molecular formula is C21H17F3N4O2S. The van der Waals surface area contributed by atoms with Crippen molar-refractivity contribution in [3.63, 3.8) is 0 Å². The molecule has 160 valence electrons. The molecule has 6 nitrogen and oxygen atoms in total. The fourth-order valence-corrected chi connectivity index (χ4v) is 4.08. The lowest BCUT2D eigenvalue weighted by atomic mass is 10.0. The molecule has 0 amide bonds. The van der Waals surface area contributed by atoms with Gasteiger partial charge in [0.2, 0.25) is 10.0 Å². The van der Waals surface area contributed by atoms with Crippen molar-refractivity contribution in [1.29, 1.82) is 0 Å². The predicted molar refractivity (Wildman–Crippen MR) is 109 cm³/mol. The van der Waals surface area contributed by atoms with E-state index in [1.807, 2.05) is 30.3 Å². The fraction of sp³-hybridized carbons (Fsp3) is 0.143. The Labute approximate surface area is 176 Å². The van der Waals surface area contributed by atoms with E-state index in [1.54, 1.807) is 6.92 Å². The molecule has 4 rings (SSSR count). The molecule has 0 aliphatic rings. The van der Waals surface area contributed by atoms with Crippen molar-refractivity contribution < 1.29 is 21.6 Å². The minimum absolute atomic E-state index is 0.0334. The van der Waals surface area contributed by atoms with E-state index in [0.29, 0.717) is 34.4 Å². The summed E-state index contributed by atoms with van der Waals surface area (Å²) in [7, 11) is -4.29. The number of rotatable bonds is 5. The Morgan fingerprint density at radius 2 is 1.74 bits per heavy atom. The van der Waals surface area contributed by atoms with Crippen LogP contribution in [0.3, 0.4) is 0 Å². The summed E-state index contributed by atoms with van der Waals surface area (Å²) in [5.74, 6) is -2.25. The van der Waals surface area contributed by atoms with Crippen molar-refractivity contribution in [2.75, 3.05) is 0 Å². The highest BCUT2D eigenvalue weighted by atomic mass is 32.2. The van der Waals surface area contributed by atoms with Crippen LogP contribution in [0.5, 0.6) is 0 Å². The van der Waals surface area contributed by atoms with Crippen molar-refractivity contribution in [2.45, 2.75) is 25.0 Å². The number of sulfonamides is 1. The Hall–Kier alpha value is -3.24. The summed E-state index contributed by atoms with van der Waals surface area (Å²) in [6.07, 6.45) is 1.48. The SMILES string of the molecule is Cc1ncc2nc(CF)n(Cc3c(F)cc(S(N)(=O)=O)cc3F)c2c1-c1ccccc1. The minimum atomic E-state index is -4.29. The first-order chi connectivity index (χ1) is 14.7. The number of fused-ring (bicyclic) bond motifs is 1. The minimum Gasteiger partial charge on any atom is -0.320 e. The molecule has 0 saturated carbocycles. The summed E-state index contributed by atoms with van der Waals surface area (Å²) >= 11 is 0. The van der Waals surface area contributed by atoms with Crippen LogP contribution in [0.1, 0.15) is 17.1 Å². The standard InChI is InChI=1S/C21H17F3N4O2S/c1-12-20(13-5-3-2-4-6-13)21-18(10-26-12)27-19(9-22)28(21)11-15-16(23)7-14(8-17(15)24)31(25,29)30/h2-8,10H,9,11H2,1H3,(H2,25,29,30). The van der Waals surface area contributed by atoms with E-state index in [1.165, 1.54) is 10.8 Å². The van der Waals surface area contributed by atoms with Gasteiger partial charge in [0, 0.05) is 16.8 Å². The first-order valence-corrected chi connectivity index (χ1v) is 10.7. The van der Waals surface area contributed by atoms with E-state index in [9.17, 15) is 21.6 Å². The summed E-state index contributed by atoms with van der Waals surface area (Å²) in [4.78, 5) is 7.88. The van der Waals surface area contributed by atoms with Crippen LogP contribution in [-0.2, 0) is 23.2 Å². The van der Waals surface area contributed by atoms with Gasteiger partial charge in [-0.1, -0.05) is 30.3 Å². The molecule has 0 radical (unpaired) electrons. The summed E-state index contributed by atoms with van der Waals surface area (Å²) in [6.45, 7) is 0.401. The number of primary sulfonamides is 1. The number of nitrogens with two attached hydrogens (primary N) is 1. The van der Waals surface area contributed by atoms with Crippen molar-refractivity contribution in [3.8, 4) is 11.1 Å². The topological polar surface area (TPSA) is 90.9 Å². The normalized spacial score (nSPS) is 11.9. The van der Waals surface area contributed by atoms with Gasteiger partial charge in [0.05, 0.1) is 23.2 Å². The van der Waals surface area contributed by atoms with Gasteiger partial charge in [-0.2, -0.15) is 0 Å². The molecular weight excluding hydrogens is 429 g/mol. The Morgan fingerprint density at radius 1 is 1.10 bits per heavy atom. The average Bonchev–Trinajstić information content (AvgIpc) is 3.08. The Bertz CT molecular complexity index is 1380. The van der Waals surface area contributed by atoms with Gasteiger partial charge in [-0.15, -0.1) is 0 Å². The average molecular weight is 446 g/mol. The third-order valence-electron chi connectivity index (χ3n) is 4.99. The van der Waals surface area contributed by atoms with Crippen molar-refractivity contribution in [1.82, 2.24) is 14.5 Å². The van der Waals surface area contributed by atoms with Crippen LogP contribution >= 0.6 is 0 Å². The number of pyridine rings is 1. The van der Waals surface area contributed by atoms with Crippen LogP contribution in [0.2, 0.25) is 0 Å². The van der Waals surface area contributed by atoms with Crippen LogP contribution in [0.25, 0.3) is 22.2 Å². The van der Waals surface area contributed by atoms with Crippen molar-refractivity contribution in [2.24, 2.45) is 5.14 Å². The van der Waals surface area contributed by atoms with Crippen LogP contribution < -0.4 is 5.14 Å². The molecule has 10 heteroatoms. The predicted octanol–water partition coefficient (Wildman–Crippen LogP) is 3.85. The maximum atomic E-state index is 14.7. The molecule has 0 saturated heterocycles. The molecule has 31 heavy (non-hydrogen) atoms. The second-order valence-corrected chi connectivity index (χ2v) is 8.54. The zero-order chi connectivity index (χ0) is 22.3. The zero-order valence-electron chi connectivity index (χ0n) is 16.3. The molecule has 2 heterocycles. The van der Waals surface area contributed by atoms with E-state index < -0.39 is 45.3 Å². The first-order valence-electron chi connectivity index (χ1n) is 9.17. The lowest BCUT2D eigenvalue weighted by molar-refractivity contribution is 0.449. The number of hydrogen-bond acceptors (Lipinski definition) is 4. The monoisotopic (exact) mass is 446 g/mol. The molecule has 2 N–H and O–H groups in total. The highest BCUT2D eigenvalue weighted by Gasteiger charge is 2.22. The quantitative estimate of drug-likeness (QED) is 0.504. The van der Waals surface area contributed by atoms with Gasteiger partial charge in [-0.25, -0.2) is 31.7 Å². The number of hydrogen-bond donors (Lipinski definition) is 1. The number of nitrogens with zero attached hydrogens (tertiary/aromatic N) is 3. The van der Waals surface area contributed by atoms with Crippen molar-refractivity contribution >= 4 is 21.1 Å². The molecule has 2 aromatic carbocycles. The lowest BCUT2D eigenvalue weighted by Gasteiger charge is -2.14. The second-order valence-electron chi connectivity index (χ2n) is 6.98. The van der Waals surface area contributed by atoms with Gasteiger partial charge in [0.25, 0.3) is 0 Å². The molecule has 4 aromatic rings. The molecule has 0 unspecified atom stereocenters. The van der Waals surface area contributed by atoms with E-state index in [-0.39, 0.29) is 5.82 Å². The maximum Gasteiger partial charge on any atom is 0.238 e. The molecule has 0 bridgehead atoms. The molecule has 0 atom stereocenters. The molecule has 0 fully saturated rings. The maximum absolute atomic E-state index is 14.7. The summed E-state index contributed by atoms with van der Waals surface area (Å²) < 4.78 is 67.4. The number of alkyl halides is 1. The number of halogens is 3. The Morgan fingerprint density at radius 3 is 2.32 bits per heavy atom. The summed E-state index contributed by atoms with van der Waals surface area (Å²) in [5, 5.41) is 4.97. The highest BCUT2D eigenvalue weighted by Crippen LogP contribution is 2.33. The molecule has 0 aliphatic carbocycles. The van der Waals surface area contributed by atoms with E-state index in [0.717, 1.165) is 5.56 Å². The van der Waals surface area contributed by atoms with Gasteiger partial charge in [0.15, 0.2) is 0 Å². The summed E-state index contributed by atoms with van der Waals surface area (Å²) in [6, 6.07) is 10.5. The van der Waals surface area contributed by atoms with E-state index in [4.69, 9.17) is 5.14 Å². The highest BCUT2D eigenvalue weighted by molar-refractivity contribution is 7.89. The van der Waals surface area contributed by atoms with Gasteiger partial charge in [0.1, 0.15) is 29.7 Å². The second kappa shape index (κ2) is 7.78. The zero-order valence-corrected chi connectivity index (χ0v) is 17.1. The largest absolute Gasteiger partial charge is 0.320 e. The molecule has 0 spiro atoms. The smallest absolute Gasteiger partial charge is 0.238 e. The summed E-state index contributed by atoms with van der Waals surface area (Å²) in [5.41, 5.74) is 2.49. The van der Waals surface area contributed by atoms with Crippen molar-refractivity contribution in [3.05, 3.63) is 77.4 Å². The van der Waals surface area contributed by atoms with Crippen LogP contribution in [0.4, 0.5) is 13.2 Å². The fourth-order valence-electron chi connectivity index (χ4n) is 3.54. The molecule has 0 aliphatic heterocycles. The number of aromatic nitrogens is 3. The third-order valence-corrected chi connectivity index (χ3v) is 5.89. The van der Waals surface area contributed by atoms with Gasteiger partial charge >= 0.3 is 0 Å². The van der Waals surface area contributed by atoms with Crippen LogP contribution in [0.15, 0.2) is 53.6 Å². The number of imidazole rings is 1. The first kappa shape index (κ1) is 21.0. The number of aryl methyl sites for hydroxylation is 1. The lowest BCUT2D eigenvalue weighted by Crippen LogP contribution is -2.15.